The van der Waals surface area contributed by atoms with E-state index in [1.54, 1.807) is 7.11 Å². The minimum Gasteiger partial charge on any atom is -0.392 e. The van der Waals surface area contributed by atoms with Crippen LogP contribution in [0, 0.1) is 11.8 Å². The van der Waals surface area contributed by atoms with Crippen LogP contribution in [-0.2, 0) is 9.47 Å². The number of nitrogens with one attached hydrogen (secondary N) is 2. The van der Waals surface area contributed by atoms with Crippen molar-refractivity contribution in [3.05, 3.63) is 0 Å². The highest BCUT2D eigenvalue weighted by molar-refractivity contribution is 5.74. The van der Waals surface area contributed by atoms with Gasteiger partial charge in [0.2, 0.25) is 0 Å². The first-order chi connectivity index (χ1) is 17.0. The number of urea groups is 1. The first-order valence-corrected chi connectivity index (χ1v) is 13.8. The average Bonchev–Trinajstić information content (AvgIpc) is 3.29. The van der Waals surface area contributed by atoms with Gasteiger partial charge in [-0.2, -0.15) is 0 Å². The number of likely N-dealkylation sites (tertiary alicyclic amines) is 1. The summed E-state index contributed by atoms with van der Waals surface area (Å²) in [5.41, 5.74) is 0. The molecule has 8 nitrogen and oxygen atoms in total. The molecule has 3 atom stereocenters. The summed E-state index contributed by atoms with van der Waals surface area (Å²) in [6, 6.07) is -0.621. The Morgan fingerprint density at radius 1 is 1.06 bits per heavy atom. The fraction of sp³-hybridized carbons (Fsp3) is 0.962. The molecule has 0 aromatic heterocycles. The van der Waals surface area contributed by atoms with Crippen LogP contribution in [-0.4, -0.2) is 98.2 Å². The van der Waals surface area contributed by atoms with E-state index in [2.05, 4.69) is 15.5 Å². The number of alkyl halides is 1. The van der Waals surface area contributed by atoms with E-state index >= 15 is 0 Å². The van der Waals surface area contributed by atoms with Crippen molar-refractivity contribution in [3.8, 4) is 0 Å². The number of hydrogen-bond donors (Lipinski definition) is 4. The quantitative estimate of drug-likeness (QED) is 0.289. The summed E-state index contributed by atoms with van der Waals surface area (Å²) in [6.07, 6.45) is 9.16. The summed E-state index contributed by atoms with van der Waals surface area (Å²) in [5, 5.41) is 27.3. The molecular weight excluding hydrogens is 453 g/mol. The van der Waals surface area contributed by atoms with Crippen LogP contribution in [0.25, 0.3) is 0 Å². The molecule has 2 saturated carbocycles. The first-order valence-electron chi connectivity index (χ1n) is 13.8. The molecule has 2 aliphatic carbocycles. The van der Waals surface area contributed by atoms with E-state index in [1.165, 1.54) is 0 Å². The molecule has 204 valence electrons. The van der Waals surface area contributed by atoms with Gasteiger partial charge in [-0.15, -0.1) is 0 Å². The zero-order valence-electron chi connectivity index (χ0n) is 21.5. The number of halogens is 1. The maximum absolute atomic E-state index is 12.8. The zero-order chi connectivity index (χ0) is 25.0. The van der Waals surface area contributed by atoms with E-state index in [4.69, 9.17) is 9.47 Å². The largest absolute Gasteiger partial charge is 0.392 e. The third kappa shape index (κ3) is 9.76. The normalized spacial score (nSPS) is 31.7. The molecule has 2 amide bonds. The van der Waals surface area contributed by atoms with E-state index in [-0.39, 0.29) is 30.8 Å². The second-order valence-corrected chi connectivity index (χ2v) is 10.8. The average molecular weight is 502 g/mol. The number of hydrogen-bond acceptors (Lipinski definition) is 6. The van der Waals surface area contributed by atoms with Crippen molar-refractivity contribution < 1.29 is 28.9 Å². The fourth-order valence-corrected chi connectivity index (χ4v) is 5.90. The highest BCUT2D eigenvalue weighted by Gasteiger charge is 2.35. The van der Waals surface area contributed by atoms with Crippen LogP contribution in [0.15, 0.2) is 0 Å². The number of rotatable bonds is 13. The van der Waals surface area contributed by atoms with Gasteiger partial charge >= 0.3 is 6.03 Å². The first kappa shape index (κ1) is 28.6. The van der Waals surface area contributed by atoms with E-state index in [0.29, 0.717) is 44.7 Å². The molecule has 1 saturated heterocycles. The molecule has 0 bridgehead atoms. The molecule has 3 fully saturated rings. The predicted molar refractivity (Wildman–Crippen MR) is 133 cm³/mol. The summed E-state index contributed by atoms with van der Waals surface area (Å²) in [5.74, 6) is 0.562. The van der Waals surface area contributed by atoms with Gasteiger partial charge in [-0.25, -0.2) is 4.79 Å². The van der Waals surface area contributed by atoms with Crippen molar-refractivity contribution >= 4 is 6.03 Å². The van der Waals surface area contributed by atoms with Crippen molar-refractivity contribution in [2.24, 2.45) is 11.8 Å². The molecule has 1 heterocycles. The lowest BCUT2D eigenvalue weighted by atomic mass is 9.81. The van der Waals surface area contributed by atoms with Crippen LogP contribution >= 0.6 is 0 Å². The number of nitrogens with zero attached hydrogens (tertiary/aromatic N) is 1. The Bertz CT molecular complexity index is 600. The fourth-order valence-electron chi connectivity index (χ4n) is 5.90. The topological polar surface area (TPSA) is 103 Å². The number of carbonyl (C=O) groups excluding carboxylic acids is 1. The summed E-state index contributed by atoms with van der Waals surface area (Å²) in [7, 11) is 1.76. The number of ether oxygens (including phenoxy) is 2. The number of methoxy groups -OCH3 is 1. The molecule has 0 aromatic carbocycles. The minimum absolute atomic E-state index is 0.0999. The molecular formula is C26H48FN3O5. The number of aliphatic hydroxyl groups excluding tert-OH is 2. The Morgan fingerprint density at radius 2 is 1.77 bits per heavy atom. The molecule has 1 aliphatic heterocycles. The van der Waals surface area contributed by atoms with E-state index in [1.807, 2.05) is 0 Å². The Balaban J connectivity index is 1.46. The van der Waals surface area contributed by atoms with Crippen LogP contribution in [0.2, 0.25) is 0 Å². The second kappa shape index (κ2) is 15.3. The Labute approximate surface area is 210 Å². The van der Waals surface area contributed by atoms with Gasteiger partial charge in [0.1, 0.15) is 0 Å². The van der Waals surface area contributed by atoms with Crippen LogP contribution in [0.3, 0.4) is 0 Å². The molecule has 4 N–H and O–H groups in total. The standard InChI is InChI=1S/C26H48FN3O5/c1-34-22-8-4-19(5-9-22)16-28-26(33)29-24(18-30-14-12-21(31)17-30)25(32)20-6-10-23(11-7-20)35-15-3-2-13-27/h19-25,31-32H,2-18H2,1H3,(H2,28,29,33)/t19?,20?,21-,22?,23?,24-,25-/m1/s1. The molecule has 35 heavy (non-hydrogen) atoms. The van der Waals surface area contributed by atoms with Gasteiger partial charge in [-0.05, 0) is 82.5 Å². The van der Waals surface area contributed by atoms with Crippen LogP contribution < -0.4 is 10.6 Å². The third-order valence-corrected chi connectivity index (χ3v) is 8.19. The van der Waals surface area contributed by atoms with Crippen molar-refractivity contribution in [1.82, 2.24) is 15.5 Å². The van der Waals surface area contributed by atoms with Gasteiger partial charge in [0.25, 0.3) is 0 Å². The molecule has 0 aromatic rings. The van der Waals surface area contributed by atoms with E-state index < -0.39 is 12.1 Å². The van der Waals surface area contributed by atoms with Crippen molar-refractivity contribution in [2.45, 2.75) is 101 Å². The number of amides is 2. The Morgan fingerprint density at radius 3 is 2.40 bits per heavy atom. The van der Waals surface area contributed by atoms with Crippen molar-refractivity contribution in [2.75, 3.05) is 46.6 Å². The van der Waals surface area contributed by atoms with Gasteiger partial charge in [0, 0.05) is 39.9 Å². The maximum atomic E-state index is 12.8. The molecule has 3 aliphatic rings. The lowest BCUT2D eigenvalue weighted by Gasteiger charge is -2.37. The Hall–Kier alpha value is -1.00. The van der Waals surface area contributed by atoms with E-state index in [0.717, 1.165) is 70.8 Å². The summed E-state index contributed by atoms with van der Waals surface area (Å²) in [4.78, 5) is 14.9. The summed E-state index contributed by atoms with van der Waals surface area (Å²) < 4.78 is 23.6. The third-order valence-electron chi connectivity index (χ3n) is 8.19. The van der Waals surface area contributed by atoms with Gasteiger partial charge in [-0.1, -0.05) is 0 Å². The monoisotopic (exact) mass is 501 g/mol. The lowest BCUT2D eigenvalue weighted by molar-refractivity contribution is -0.0167. The summed E-state index contributed by atoms with van der Waals surface area (Å²) in [6.45, 7) is 2.82. The molecule has 0 spiro atoms. The number of carbonyl (C=O) groups is 1. The smallest absolute Gasteiger partial charge is 0.315 e. The predicted octanol–water partition coefficient (Wildman–Crippen LogP) is 2.61. The second-order valence-electron chi connectivity index (χ2n) is 10.8. The van der Waals surface area contributed by atoms with E-state index in [9.17, 15) is 19.4 Å². The lowest BCUT2D eigenvalue weighted by Crippen LogP contribution is -2.55. The molecule has 0 radical (unpaired) electrons. The van der Waals surface area contributed by atoms with Gasteiger partial charge in [-0.3, -0.25) is 9.29 Å². The molecule has 9 heteroatoms. The number of unbranched alkanes of at least 4 members (excludes halogenated alkanes) is 1. The van der Waals surface area contributed by atoms with Crippen LogP contribution in [0.1, 0.15) is 70.6 Å². The highest BCUT2D eigenvalue weighted by atomic mass is 19.1. The van der Waals surface area contributed by atoms with Gasteiger partial charge < -0.3 is 30.3 Å². The minimum atomic E-state index is -0.650. The van der Waals surface area contributed by atoms with Crippen molar-refractivity contribution in [3.63, 3.8) is 0 Å². The number of β-amino-alcohol motifs (C(OH)–C–C–N with tert-alkyl or cyclic N) is 1. The SMILES string of the molecule is COC1CCC(CNC(=O)N[C@H](CN2CC[C@@H](O)C2)[C@H](O)C2CCC(OCCCCF)CC2)CC1. The van der Waals surface area contributed by atoms with Crippen molar-refractivity contribution in [1.29, 1.82) is 0 Å². The summed E-state index contributed by atoms with van der Waals surface area (Å²) >= 11 is 0. The molecule has 0 unspecified atom stereocenters. The van der Waals surface area contributed by atoms with Crippen LogP contribution in [0.5, 0.6) is 0 Å². The van der Waals surface area contributed by atoms with Gasteiger partial charge in [0.05, 0.1) is 37.1 Å². The number of aliphatic hydroxyl groups is 2. The molecule has 3 rings (SSSR count). The zero-order valence-corrected chi connectivity index (χ0v) is 21.5. The maximum Gasteiger partial charge on any atom is 0.315 e. The Kier molecular flexibility index (Phi) is 12.5. The van der Waals surface area contributed by atoms with Gasteiger partial charge in [0.15, 0.2) is 0 Å². The highest BCUT2D eigenvalue weighted by Crippen LogP contribution is 2.30. The van der Waals surface area contributed by atoms with Crippen LogP contribution in [0.4, 0.5) is 9.18 Å².